The van der Waals surface area contributed by atoms with E-state index in [1.807, 2.05) is 0 Å². The lowest BCUT2D eigenvalue weighted by Gasteiger charge is -2.18. The summed E-state index contributed by atoms with van der Waals surface area (Å²) in [5.41, 5.74) is 0. The molecule has 0 saturated carbocycles. The largest absolute Gasteiger partial charge is 0.462 e. The van der Waals surface area contributed by atoms with Gasteiger partial charge in [0.2, 0.25) is 0 Å². The molecule has 0 N–H and O–H groups in total. The lowest BCUT2D eigenvalue weighted by atomic mass is 10.0. The first-order chi connectivity index (χ1) is 27.7. The molecule has 0 rings (SSSR count). The number of unbranched alkanes of at least 4 members (excludes halogenated alkanes) is 30. The summed E-state index contributed by atoms with van der Waals surface area (Å²) in [7, 11) is 0. The lowest BCUT2D eigenvalue weighted by molar-refractivity contribution is -0.167. The number of hydrogen-bond acceptors (Lipinski definition) is 6. The molecule has 0 saturated heterocycles. The van der Waals surface area contributed by atoms with Gasteiger partial charge in [-0.1, -0.05) is 240 Å². The van der Waals surface area contributed by atoms with Crippen molar-refractivity contribution in [3.63, 3.8) is 0 Å². The molecule has 0 amide bonds. The van der Waals surface area contributed by atoms with Gasteiger partial charge in [0, 0.05) is 19.3 Å². The molecular formula is C51H98O6. The van der Waals surface area contributed by atoms with E-state index in [-0.39, 0.29) is 31.1 Å². The van der Waals surface area contributed by atoms with Crippen molar-refractivity contribution in [2.45, 2.75) is 285 Å². The van der Waals surface area contributed by atoms with Crippen LogP contribution in [0.1, 0.15) is 279 Å². The maximum atomic E-state index is 12.8. The van der Waals surface area contributed by atoms with Crippen LogP contribution in [0.25, 0.3) is 0 Å². The van der Waals surface area contributed by atoms with Crippen molar-refractivity contribution in [1.82, 2.24) is 0 Å². The Morgan fingerprint density at radius 3 is 0.860 bits per heavy atom. The number of hydrogen-bond donors (Lipinski definition) is 0. The van der Waals surface area contributed by atoms with Crippen molar-refractivity contribution in [1.29, 1.82) is 0 Å². The molecule has 0 aromatic heterocycles. The van der Waals surface area contributed by atoms with Crippen LogP contribution in [-0.4, -0.2) is 37.2 Å². The van der Waals surface area contributed by atoms with E-state index in [0.29, 0.717) is 19.3 Å². The van der Waals surface area contributed by atoms with Gasteiger partial charge in [0.1, 0.15) is 13.2 Å². The predicted octanol–water partition coefficient (Wildman–Crippen LogP) is 16.1. The van der Waals surface area contributed by atoms with E-state index < -0.39 is 6.10 Å². The van der Waals surface area contributed by atoms with Gasteiger partial charge in [0.05, 0.1) is 0 Å². The van der Waals surface area contributed by atoms with Crippen molar-refractivity contribution < 1.29 is 28.6 Å². The SMILES string of the molecule is CCCCCCCCCCCCCCC(=O)OC[C@@H](COC(=O)CCCCCCCCCCCCC(C)C)OC(=O)CCCCCCCCCCCCCC(C)C. The predicted molar refractivity (Wildman–Crippen MR) is 243 cm³/mol. The van der Waals surface area contributed by atoms with Gasteiger partial charge in [-0.05, 0) is 31.1 Å². The van der Waals surface area contributed by atoms with Crippen molar-refractivity contribution in [2.24, 2.45) is 11.8 Å². The van der Waals surface area contributed by atoms with Gasteiger partial charge < -0.3 is 14.2 Å². The summed E-state index contributed by atoms with van der Waals surface area (Å²) < 4.78 is 16.8. The summed E-state index contributed by atoms with van der Waals surface area (Å²) in [6.07, 6.45) is 43.7. The molecule has 6 nitrogen and oxygen atoms in total. The van der Waals surface area contributed by atoms with Gasteiger partial charge in [-0.25, -0.2) is 0 Å². The summed E-state index contributed by atoms with van der Waals surface area (Å²) in [5, 5.41) is 0. The molecule has 0 bridgehead atoms. The summed E-state index contributed by atoms with van der Waals surface area (Å²) in [5.74, 6) is 0.793. The van der Waals surface area contributed by atoms with Crippen molar-refractivity contribution in [2.75, 3.05) is 13.2 Å². The Balaban J connectivity index is 4.33. The highest BCUT2D eigenvalue weighted by Gasteiger charge is 2.19. The summed E-state index contributed by atoms with van der Waals surface area (Å²) >= 11 is 0. The molecule has 6 heteroatoms. The van der Waals surface area contributed by atoms with Gasteiger partial charge in [0.15, 0.2) is 6.10 Å². The third-order valence-electron chi connectivity index (χ3n) is 11.5. The first-order valence-electron chi connectivity index (χ1n) is 25.2. The molecule has 0 aliphatic heterocycles. The monoisotopic (exact) mass is 807 g/mol. The minimum atomic E-state index is -0.761. The molecule has 0 aliphatic carbocycles. The Labute approximate surface area is 355 Å². The normalized spacial score (nSPS) is 12.1. The van der Waals surface area contributed by atoms with Crippen molar-refractivity contribution in [3.8, 4) is 0 Å². The maximum Gasteiger partial charge on any atom is 0.306 e. The van der Waals surface area contributed by atoms with Crippen molar-refractivity contribution >= 4 is 17.9 Å². The average molecular weight is 807 g/mol. The number of rotatable bonds is 45. The fourth-order valence-corrected chi connectivity index (χ4v) is 7.64. The highest BCUT2D eigenvalue weighted by Crippen LogP contribution is 2.17. The Kier molecular flexibility index (Phi) is 42.7. The highest BCUT2D eigenvalue weighted by molar-refractivity contribution is 5.71. The first-order valence-corrected chi connectivity index (χ1v) is 25.2. The molecule has 57 heavy (non-hydrogen) atoms. The number of esters is 3. The molecule has 0 aromatic carbocycles. The molecule has 0 aliphatic rings. The van der Waals surface area contributed by atoms with Crippen molar-refractivity contribution in [3.05, 3.63) is 0 Å². The van der Waals surface area contributed by atoms with Crippen LogP contribution in [0.15, 0.2) is 0 Å². The molecule has 0 radical (unpaired) electrons. The van der Waals surface area contributed by atoms with Gasteiger partial charge in [-0.3, -0.25) is 14.4 Å². The van der Waals surface area contributed by atoms with Crippen LogP contribution in [0.3, 0.4) is 0 Å². The highest BCUT2D eigenvalue weighted by atomic mass is 16.6. The molecular weight excluding hydrogens is 709 g/mol. The zero-order chi connectivity index (χ0) is 41.9. The van der Waals surface area contributed by atoms with Gasteiger partial charge in [-0.15, -0.1) is 0 Å². The van der Waals surface area contributed by atoms with E-state index >= 15 is 0 Å². The van der Waals surface area contributed by atoms with E-state index in [1.54, 1.807) is 0 Å². The van der Waals surface area contributed by atoms with Gasteiger partial charge >= 0.3 is 17.9 Å². The smallest absolute Gasteiger partial charge is 0.306 e. The molecule has 338 valence electrons. The minimum absolute atomic E-state index is 0.0639. The Morgan fingerprint density at radius 2 is 0.579 bits per heavy atom. The van der Waals surface area contributed by atoms with E-state index in [9.17, 15) is 14.4 Å². The zero-order valence-electron chi connectivity index (χ0n) is 39.0. The maximum absolute atomic E-state index is 12.8. The Hall–Kier alpha value is -1.59. The molecule has 0 heterocycles. The zero-order valence-corrected chi connectivity index (χ0v) is 39.0. The third-order valence-corrected chi connectivity index (χ3v) is 11.5. The topological polar surface area (TPSA) is 78.9 Å². The summed E-state index contributed by atoms with van der Waals surface area (Å²) in [6.45, 7) is 11.3. The van der Waals surface area contributed by atoms with E-state index in [2.05, 4.69) is 34.6 Å². The number of ether oxygens (including phenoxy) is 3. The van der Waals surface area contributed by atoms with Crippen LogP contribution < -0.4 is 0 Å². The van der Waals surface area contributed by atoms with Gasteiger partial charge in [-0.2, -0.15) is 0 Å². The fraction of sp³-hybridized carbons (Fsp3) is 0.941. The van der Waals surface area contributed by atoms with E-state index in [0.717, 1.165) is 69.6 Å². The van der Waals surface area contributed by atoms with E-state index in [1.165, 1.54) is 167 Å². The number of carbonyl (C=O) groups is 3. The standard InChI is InChI=1S/C51H98O6/c1-6-7-8-9-10-11-12-15-21-26-31-36-41-49(52)55-44-48(45-56-50(53)42-37-32-27-22-18-17-20-25-30-35-40-47(4)5)57-51(54)43-38-33-28-23-16-13-14-19-24-29-34-39-46(2)3/h46-48H,6-45H2,1-5H3/t48-/m0/s1. The van der Waals surface area contributed by atoms with Crippen LogP contribution >= 0.6 is 0 Å². The minimum Gasteiger partial charge on any atom is -0.462 e. The Bertz CT molecular complexity index is 870. The second kappa shape index (κ2) is 44.0. The molecule has 0 aromatic rings. The van der Waals surface area contributed by atoms with E-state index in [4.69, 9.17) is 14.2 Å². The quantitative estimate of drug-likeness (QED) is 0.0346. The molecule has 0 fully saturated rings. The summed E-state index contributed by atoms with van der Waals surface area (Å²) in [4.78, 5) is 37.9. The molecule has 1 atom stereocenters. The molecule has 0 spiro atoms. The second-order valence-corrected chi connectivity index (χ2v) is 18.4. The fourth-order valence-electron chi connectivity index (χ4n) is 7.64. The second-order valence-electron chi connectivity index (χ2n) is 18.4. The van der Waals surface area contributed by atoms with Crippen LogP contribution in [0.5, 0.6) is 0 Å². The van der Waals surface area contributed by atoms with Crippen LogP contribution in [-0.2, 0) is 28.6 Å². The average Bonchev–Trinajstić information content (AvgIpc) is 3.18. The summed E-state index contributed by atoms with van der Waals surface area (Å²) in [6, 6.07) is 0. The molecule has 0 unspecified atom stereocenters. The third kappa shape index (κ3) is 45.3. The van der Waals surface area contributed by atoms with Crippen LogP contribution in [0.4, 0.5) is 0 Å². The van der Waals surface area contributed by atoms with Crippen LogP contribution in [0.2, 0.25) is 0 Å². The number of carbonyl (C=O) groups excluding carboxylic acids is 3. The van der Waals surface area contributed by atoms with Gasteiger partial charge in [0.25, 0.3) is 0 Å². The first kappa shape index (κ1) is 55.4. The lowest BCUT2D eigenvalue weighted by Crippen LogP contribution is -2.30. The van der Waals surface area contributed by atoms with Crippen LogP contribution in [0, 0.1) is 11.8 Å². The Morgan fingerprint density at radius 1 is 0.333 bits per heavy atom.